The summed E-state index contributed by atoms with van der Waals surface area (Å²) in [5.74, 6) is -0.0340. The highest BCUT2D eigenvalue weighted by Crippen LogP contribution is 2.02. The summed E-state index contributed by atoms with van der Waals surface area (Å²) in [5.41, 5.74) is 5.45. The molecule has 0 aliphatic rings. The minimum Gasteiger partial charge on any atom is -0.466 e. The van der Waals surface area contributed by atoms with Crippen LogP contribution in [0, 0.1) is 0 Å². The zero-order chi connectivity index (χ0) is 15.6. The number of carbonyl (C=O) groups excluding carboxylic acids is 1. The summed E-state index contributed by atoms with van der Waals surface area (Å²) in [6, 6.07) is 0. The molecule has 0 heterocycles. The molecular weight excluding hydrogens is 264 g/mol. The molecule has 4 nitrogen and oxygen atoms in total. The highest BCUT2D eigenvalue weighted by Gasteiger charge is 2.02. The predicted octanol–water partition coefficient (Wildman–Crippen LogP) is 3.39. The van der Waals surface area contributed by atoms with Crippen LogP contribution in [0.5, 0.6) is 0 Å². The van der Waals surface area contributed by atoms with E-state index in [0.29, 0.717) is 13.0 Å². The van der Waals surface area contributed by atoms with E-state index in [4.69, 9.17) is 10.5 Å². The lowest BCUT2D eigenvalue weighted by Gasteiger charge is -2.06. The fourth-order valence-corrected chi connectivity index (χ4v) is 2.18. The normalized spacial score (nSPS) is 10.8. The Morgan fingerprint density at radius 2 is 1.57 bits per heavy atom. The first-order valence-electron chi connectivity index (χ1n) is 8.87. The van der Waals surface area contributed by atoms with Crippen LogP contribution in [0.4, 0.5) is 0 Å². The molecule has 3 N–H and O–H groups in total. The highest BCUT2D eigenvalue weighted by atomic mass is 16.5. The molecule has 0 radical (unpaired) electrons. The summed E-state index contributed by atoms with van der Waals surface area (Å²) >= 11 is 0. The van der Waals surface area contributed by atoms with Gasteiger partial charge in [0, 0.05) is 6.42 Å². The monoisotopic (exact) mass is 300 g/mol. The molecule has 0 aromatic heterocycles. The van der Waals surface area contributed by atoms with Crippen LogP contribution in [-0.2, 0) is 9.53 Å². The van der Waals surface area contributed by atoms with Gasteiger partial charge < -0.3 is 15.8 Å². The summed E-state index contributed by atoms with van der Waals surface area (Å²) in [6.07, 6.45) is 12.0. The fourth-order valence-electron chi connectivity index (χ4n) is 2.18. The van der Waals surface area contributed by atoms with Crippen molar-refractivity contribution in [2.75, 3.05) is 26.2 Å². The Kier molecular flexibility index (Phi) is 16.9. The van der Waals surface area contributed by atoms with E-state index in [0.717, 1.165) is 45.3 Å². The van der Waals surface area contributed by atoms with E-state index >= 15 is 0 Å². The van der Waals surface area contributed by atoms with E-state index in [2.05, 4.69) is 12.2 Å². The SMILES string of the molecule is CCCCCCOC(=O)CCCCNCCCCCCN. The van der Waals surface area contributed by atoms with E-state index in [-0.39, 0.29) is 5.97 Å². The highest BCUT2D eigenvalue weighted by molar-refractivity contribution is 5.69. The van der Waals surface area contributed by atoms with Gasteiger partial charge in [-0.05, 0) is 51.7 Å². The molecule has 0 aliphatic carbocycles. The number of ether oxygens (including phenoxy) is 1. The van der Waals surface area contributed by atoms with Gasteiger partial charge in [0.15, 0.2) is 0 Å². The summed E-state index contributed by atoms with van der Waals surface area (Å²) in [7, 11) is 0. The van der Waals surface area contributed by atoms with Crippen LogP contribution >= 0.6 is 0 Å². The van der Waals surface area contributed by atoms with Crippen molar-refractivity contribution in [3.63, 3.8) is 0 Å². The van der Waals surface area contributed by atoms with Crippen molar-refractivity contribution in [3.8, 4) is 0 Å². The maximum absolute atomic E-state index is 11.5. The summed E-state index contributed by atoms with van der Waals surface area (Å²) in [6.45, 7) is 5.66. The van der Waals surface area contributed by atoms with Gasteiger partial charge in [-0.3, -0.25) is 4.79 Å². The van der Waals surface area contributed by atoms with Gasteiger partial charge in [-0.25, -0.2) is 0 Å². The minimum absolute atomic E-state index is 0.0340. The van der Waals surface area contributed by atoms with Crippen LogP contribution in [0.15, 0.2) is 0 Å². The smallest absolute Gasteiger partial charge is 0.305 e. The second-order valence-electron chi connectivity index (χ2n) is 5.69. The number of hydrogen-bond acceptors (Lipinski definition) is 4. The summed E-state index contributed by atoms with van der Waals surface area (Å²) < 4.78 is 5.20. The molecule has 21 heavy (non-hydrogen) atoms. The lowest BCUT2D eigenvalue weighted by atomic mass is 10.2. The average molecular weight is 300 g/mol. The van der Waals surface area contributed by atoms with E-state index in [1.54, 1.807) is 0 Å². The molecule has 0 unspecified atom stereocenters. The quantitative estimate of drug-likeness (QED) is 0.339. The zero-order valence-electron chi connectivity index (χ0n) is 14.0. The van der Waals surface area contributed by atoms with Crippen molar-refractivity contribution in [1.29, 1.82) is 0 Å². The molecule has 126 valence electrons. The number of rotatable bonds is 16. The van der Waals surface area contributed by atoms with E-state index in [1.807, 2.05) is 0 Å². The molecule has 0 fully saturated rings. The maximum atomic E-state index is 11.5. The minimum atomic E-state index is -0.0340. The Morgan fingerprint density at radius 1 is 0.905 bits per heavy atom. The van der Waals surface area contributed by atoms with Gasteiger partial charge in [-0.2, -0.15) is 0 Å². The molecule has 0 saturated carbocycles. The zero-order valence-corrected chi connectivity index (χ0v) is 14.0. The number of esters is 1. The van der Waals surface area contributed by atoms with Crippen LogP contribution in [-0.4, -0.2) is 32.2 Å². The molecule has 0 bridgehead atoms. The van der Waals surface area contributed by atoms with Crippen molar-refractivity contribution in [2.45, 2.75) is 77.6 Å². The van der Waals surface area contributed by atoms with Crippen LogP contribution in [0.25, 0.3) is 0 Å². The molecule has 0 amide bonds. The Balaban J connectivity index is 3.11. The van der Waals surface area contributed by atoms with Crippen molar-refractivity contribution < 1.29 is 9.53 Å². The topological polar surface area (TPSA) is 64.3 Å². The fraction of sp³-hybridized carbons (Fsp3) is 0.941. The summed E-state index contributed by atoms with van der Waals surface area (Å²) in [5, 5.41) is 3.42. The van der Waals surface area contributed by atoms with Gasteiger partial charge in [-0.15, -0.1) is 0 Å². The van der Waals surface area contributed by atoms with Crippen LogP contribution in [0.2, 0.25) is 0 Å². The van der Waals surface area contributed by atoms with Gasteiger partial charge in [0.1, 0.15) is 0 Å². The largest absolute Gasteiger partial charge is 0.466 e. The third kappa shape index (κ3) is 17.3. The third-order valence-corrected chi connectivity index (χ3v) is 3.55. The molecule has 0 saturated heterocycles. The third-order valence-electron chi connectivity index (χ3n) is 3.55. The molecule has 0 aromatic rings. The van der Waals surface area contributed by atoms with E-state index < -0.39 is 0 Å². The maximum Gasteiger partial charge on any atom is 0.305 e. The number of hydrogen-bond donors (Lipinski definition) is 2. The Hall–Kier alpha value is -0.610. The molecule has 0 aromatic carbocycles. The van der Waals surface area contributed by atoms with E-state index in [1.165, 1.54) is 38.5 Å². The Bertz CT molecular complexity index is 223. The molecule has 4 heteroatoms. The number of carbonyl (C=O) groups is 1. The van der Waals surface area contributed by atoms with Gasteiger partial charge in [0.25, 0.3) is 0 Å². The van der Waals surface area contributed by atoms with Gasteiger partial charge in [0.2, 0.25) is 0 Å². The Labute approximate surface area is 131 Å². The average Bonchev–Trinajstić information content (AvgIpc) is 2.49. The lowest BCUT2D eigenvalue weighted by molar-refractivity contribution is -0.143. The van der Waals surface area contributed by atoms with Crippen molar-refractivity contribution >= 4 is 5.97 Å². The van der Waals surface area contributed by atoms with E-state index in [9.17, 15) is 4.79 Å². The first-order valence-corrected chi connectivity index (χ1v) is 8.87. The second-order valence-corrected chi connectivity index (χ2v) is 5.69. The standard InChI is InChI=1S/C17H36N2O2/c1-2-3-4-11-16-21-17(20)12-7-10-15-19-14-9-6-5-8-13-18/h19H,2-16,18H2,1H3. The van der Waals surface area contributed by atoms with Gasteiger partial charge >= 0.3 is 5.97 Å². The molecule has 0 atom stereocenters. The van der Waals surface area contributed by atoms with Crippen LogP contribution in [0.3, 0.4) is 0 Å². The van der Waals surface area contributed by atoms with Crippen LogP contribution < -0.4 is 11.1 Å². The summed E-state index contributed by atoms with van der Waals surface area (Å²) in [4.78, 5) is 11.5. The van der Waals surface area contributed by atoms with Crippen molar-refractivity contribution in [3.05, 3.63) is 0 Å². The molecular formula is C17H36N2O2. The predicted molar refractivity (Wildman–Crippen MR) is 89.3 cm³/mol. The lowest BCUT2D eigenvalue weighted by Crippen LogP contribution is -2.17. The number of nitrogens with one attached hydrogen (secondary N) is 1. The molecule has 0 spiro atoms. The van der Waals surface area contributed by atoms with Gasteiger partial charge in [-0.1, -0.05) is 39.0 Å². The first kappa shape index (κ1) is 20.4. The van der Waals surface area contributed by atoms with Gasteiger partial charge in [0.05, 0.1) is 6.61 Å². The first-order chi connectivity index (χ1) is 10.3. The Morgan fingerprint density at radius 3 is 2.29 bits per heavy atom. The van der Waals surface area contributed by atoms with Crippen molar-refractivity contribution in [1.82, 2.24) is 5.32 Å². The van der Waals surface area contributed by atoms with Crippen LogP contribution in [0.1, 0.15) is 77.6 Å². The molecule has 0 rings (SSSR count). The second kappa shape index (κ2) is 17.4. The van der Waals surface area contributed by atoms with Crippen molar-refractivity contribution in [2.24, 2.45) is 5.73 Å². The molecule has 0 aliphatic heterocycles. The number of nitrogens with two attached hydrogens (primary N) is 1. The number of unbranched alkanes of at least 4 members (excludes halogenated alkanes) is 7.